The number of carbonyl (C=O) groups is 2. The van der Waals surface area contributed by atoms with Crippen molar-refractivity contribution in [1.82, 2.24) is 0 Å². The quantitative estimate of drug-likeness (QED) is 0.576. The number of hydrogen-bond donors (Lipinski definition) is 0. The largest absolute Gasteiger partial charge is 0.496 e. The molecule has 0 fully saturated rings. The van der Waals surface area contributed by atoms with Crippen molar-refractivity contribution >= 4 is 11.8 Å². The number of ether oxygens (including phenoxy) is 3. The molecule has 0 aliphatic heterocycles. The highest BCUT2D eigenvalue weighted by Gasteiger charge is 2.32. The summed E-state index contributed by atoms with van der Waals surface area (Å²) in [7, 11) is 3.13. The van der Waals surface area contributed by atoms with Gasteiger partial charge in [-0.25, -0.2) is 0 Å². The van der Waals surface area contributed by atoms with Crippen molar-refractivity contribution < 1.29 is 23.8 Å². The average molecular weight is 356 g/mol. The summed E-state index contributed by atoms with van der Waals surface area (Å²) >= 11 is 0. The molecule has 26 heavy (non-hydrogen) atoms. The molecule has 5 heteroatoms. The lowest BCUT2D eigenvalue weighted by molar-refractivity contribution is -0.144. The van der Waals surface area contributed by atoms with Gasteiger partial charge >= 0.3 is 5.97 Å². The summed E-state index contributed by atoms with van der Waals surface area (Å²) in [5.41, 5.74) is 3.39. The van der Waals surface area contributed by atoms with Crippen LogP contribution >= 0.6 is 0 Å². The minimum atomic E-state index is -1.07. The van der Waals surface area contributed by atoms with Crippen LogP contribution in [0.4, 0.5) is 0 Å². The summed E-state index contributed by atoms with van der Waals surface area (Å²) in [6.07, 6.45) is -1.07. The second kappa shape index (κ2) is 8.04. The summed E-state index contributed by atoms with van der Waals surface area (Å²) in [5.74, 6) is 0.400. The van der Waals surface area contributed by atoms with Crippen LogP contribution in [0.15, 0.2) is 30.3 Å². The van der Waals surface area contributed by atoms with Gasteiger partial charge in [0.25, 0.3) is 0 Å². The number of rotatable bonds is 6. The third-order valence-electron chi connectivity index (χ3n) is 4.42. The van der Waals surface area contributed by atoms with Crippen molar-refractivity contribution in [2.75, 3.05) is 14.2 Å². The number of ketones is 1. The Morgan fingerprint density at radius 1 is 0.846 bits per heavy atom. The van der Waals surface area contributed by atoms with E-state index in [4.69, 9.17) is 14.2 Å². The molecule has 1 atom stereocenters. The smallest absolute Gasteiger partial charge is 0.303 e. The number of hydrogen-bond acceptors (Lipinski definition) is 5. The molecule has 0 aromatic heterocycles. The molecule has 0 radical (unpaired) electrons. The van der Waals surface area contributed by atoms with Crippen LogP contribution in [0, 0.1) is 20.8 Å². The molecule has 5 nitrogen and oxygen atoms in total. The predicted octanol–water partition coefficient (Wildman–Crippen LogP) is 4.12. The number of carbonyl (C=O) groups excluding carboxylic acids is 2. The maximum Gasteiger partial charge on any atom is 0.303 e. The van der Waals surface area contributed by atoms with Crippen LogP contribution in [-0.4, -0.2) is 26.0 Å². The van der Waals surface area contributed by atoms with Crippen LogP contribution in [0.5, 0.6) is 11.5 Å². The zero-order valence-corrected chi connectivity index (χ0v) is 16.0. The Hall–Kier alpha value is -2.82. The van der Waals surface area contributed by atoms with Crippen molar-refractivity contribution in [2.45, 2.75) is 33.8 Å². The first kappa shape index (κ1) is 19.5. The van der Waals surface area contributed by atoms with Gasteiger partial charge in [0.2, 0.25) is 5.78 Å². The van der Waals surface area contributed by atoms with E-state index in [0.29, 0.717) is 22.6 Å². The minimum Gasteiger partial charge on any atom is -0.496 e. The van der Waals surface area contributed by atoms with E-state index in [9.17, 15) is 9.59 Å². The van der Waals surface area contributed by atoms with Crippen LogP contribution in [-0.2, 0) is 9.53 Å². The second-order valence-corrected chi connectivity index (χ2v) is 6.07. The summed E-state index contributed by atoms with van der Waals surface area (Å²) in [5, 5.41) is 0. The van der Waals surface area contributed by atoms with Crippen molar-refractivity contribution in [3.63, 3.8) is 0 Å². The molecule has 0 bridgehead atoms. The predicted molar refractivity (Wildman–Crippen MR) is 99.0 cm³/mol. The van der Waals surface area contributed by atoms with Crippen LogP contribution in [0.2, 0.25) is 0 Å². The molecular formula is C21H24O5. The number of esters is 1. The first-order valence-electron chi connectivity index (χ1n) is 8.31. The Bertz CT molecular complexity index is 793. The molecule has 2 aromatic rings. The van der Waals surface area contributed by atoms with Gasteiger partial charge in [0.1, 0.15) is 11.5 Å². The van der Waals surface area contributed by atoms with E-state index in [1.54, 1.807) is 38.5 Å². The third kappa shape index (κ3) is 3.57. The highest BCUT2D eigenvalue weighted by molar-refractivity contribution is 6.01. The molecule has 138 valence electrons. The van der Waals surface area contributed by atoms with Gasteiger partial charge in [-0.15, -0.1) is 0 Å². The fourth-order valence-corrected chi connectivity index (χ4v) is 3.36. The van der Waals surface area contributed by atoms with E-state index >= 15 is 0 Å². The first-order valence-corrected chi connectivity index (χ1v) is 8.31. The molecule has 0 saturated carbocycles. The van der Waals surface area contributed by atoms with Gasteiger partial charge in [-0.05, 0) is 31.9 Å². The van der Waals surface area contributed by atoms with Gasteiger partial charge in [0.15, 0.2) is 6.10 Å². The van der Waals surface area contributed by atoms with Crippen molar-refractivity contribution in [2.24, 2.45) is 0 Å². The Labute approximate surface area is 153 Å². The van der Waals surface area contributed by atoms with Gasteiger partial charge in [-0.3, -0.25) is 9.59 Å². The van der Waals surface area contributed by atoms with E-state index in [-0.39, 0.29) is 5.78 Å². The molecule has 0 spiro atoms. The lowest BCUT2D eigenvalue weighted by atomic mass is 9.89. The number of methoxy groups -OCH3 is 2. The van der Waals surface area contributed by atoms with Gasteiger partial charge in [0.05, 0.1) is 14.2 Å². The Balaban J connectivity index is 2.73. The van der Waals surface area contributed by atoms with Gasteiger partial charge in [-0.2, -0.15) is 0 Å². The molecule has 0 N–H and O–H groups in total. The molecule has 0 saturated heterocycles. The summed E-state index contributed by atoms with van der Waals surface area (Å²) in [6.45, 7) is 6.88. The Morgan fingerprint density at radius 3 is 1.77 bits per heavy atom. The molecule has 0 aliphatic rings. The summed E-state index contributed by atoms with van der Waals surface area (Å²) in [6, 6.07) is 8.77. The fourth-order valence-electron chi connectivity index (χ4n) is 3.36. The highest BCUT2D eigenvalue weighted by atomic mass is 16.5. The van der Waals surface area contributed by atoms with Gasteiger partial charge < -0.3 is 14.2 Å². The van der Waals surface area contributed by atoms with Crippen LogP contribution in [0.1, 0.15) is 45.6 Å². The fraction of sp³-hybridized carbons (Fsp3) is 0.333. The zero-order valence-electron chi connectivity index (χ0n) is 16.0. The monoisotopic (exact) mass is 356 g/mol. The van der Waals surface area contributed by atoms with E-state index in [0.717, 1.165) is 16.7 Å². The highest BCUT2D eigenvalue weighted by Crippen LogP contribution is 2.42. The summed E-state index contributed by atoms with van der Waals surface area (Å²) in [4.78, 5) is 24.8. The lowest BCUT2D eigenvalue weighted by Gasteiger charge is -2.25. The normalized spacial score (nSPS) is 11.6. The lowest BCUT2D eigenvalue weighted by Crippen LogP contribution is -2.21. The summed E-state index contributed by atoms with van der Waals surface area (Å²) < 4.78 is 16.5. The van der Waals surface area contributed by atoms with Crippen molar-refractivity contribution in [3.8, 4) is 11.5 Å². The Kier molecular flexibility index (Phi) is 6.03. The van der Waals surface area contributed by atoms with E-state index in [1.165, 1.54) is 6.92 Å². The van der Waals surface area contributed by atoms with Crippen LogP contribution < -0.4 is 9.47 Å². The maximum absolute atomic E-state index is 13.1. The Morgan fingerprint density at radius 2 is 1.35 bits per heavy atom. The number of benzene rings is 2. The standard InChI is InChI=1S/C21H24O5/c1-12-17(13(2)20(25-6)14(3)19(12)24-5)21(26-15(4)22)18(23)16-10-8-7-9-11-16/h7-11,21H,1-6H3. The van der Waals surface area contributed by atoms with Gasteiger partial charge in [-0.1, -0.05) is 30.3 Å². The van der Waals surface area contributed by atoms with E-state index in [1.807, 2.05) is 26.8 Å². The zero-order chi connectivity index (χ0) is 19.4. The van der Waals surface area contributed by atoms with Crippen LogP contribution in [0.3, 0.4) is 0 Å². The van der Waals surface area contributed by atoms with Crippen LogP contribution in [0.25, 0.3) is 0 Å². The second-order valence-electron chi connectivity index (χ2n) is 6.07. The SMILES string of the molecule is COc1c(C)c(OC)c(C)c(C(OC(C)=O)C(=O)c2ccccc2)c1C. The molecule has 2 aromatic carbocycles. The maximum atomic E-state index is 13.1. The van der Waals surface area contributed by atoms with Crippen molar-refractivity contribution in [1.29, 1.82) is 0 Å². The molecule has 0 amide bonds. The molecule has 1 unspecified atom stereocenters. The van der Waals surface area contributed by atoms with Gasteiger partial charge in [0, 0.05) is 23.6 Å². The topological polar surface area (TPSA) is 61.8 Å². The average Bonchev–Trinajstić information content (AvgIpc) is 2.61. The van der Waals surface area contributed by atoms with E-state index < -0.39 is 12.1 Å². The molecular weight excluding hydrogens is 332 g/mol. The third-order valence-corrected chi connectivity index (χ3v) is 4.42. The molecule has 2 rings (SSSR count). The first-order chi connectivity index (χ1) is 12.3. The molecule has 0 heterocycles. The van der Waals surface area contributed by atoms with E-state index in [2.05, 4.69) is 0 Å². The molecule has 0 aliphatic carbocycles. The minimum absolute atomic E-state index is 0.292. The number of Topliss-reactive ketones (excluding diaryl/α,β-unsaturated/α-hetero) is 1. The van der Waals surface area contributed by atoms with Crippen molar-refractivity contribution in [3.05, 3.63) is 58.1 Å².